The SMILES string of the molecule is CC(C)C(=O)Sc1ccc(Cl)cc1. The predicted molar refractivity (Wildman–Crippen MR) is 57.2 cm³/mol. The van der Waals surface area contributed by atoms with E-state index in [1.54, 1.807) is 12.1 Å². The summed E-state index contributed by atoms with van der Waals surface area (Å²) in [7, 11) is 0. The Labute approximate surface area is 87.5 Å². The Morgan fingerprint density at radius 1 is 1.31 bits per heavy atom. The van der Waals surface area contributed by atoms with Crippen LogP contribution in [-0.4, -0.2) is 5.12 Å². The van der Waals surface area contributed by atoms with E-state index in [2.05, 4.69) is 0 Å². The van der Waals surface area contributed by atoms with Crippen LogP contribution in [0.3, 0.4) is 0 Å². The molecule has 0 aliphatic heterocycles. The lowest BCUT2D eigenvalue weighted by molar-refractivity contribution is -0.113. The second kappa shape index (κ2) is 4.68. The molecule has 0 saturated heterocycles. The summed E-state index contributed by atoms with van der Waals surface area (Å²) in [6.07, 6.45) is 0. The normalized spacial score (nSPS) is 10.5. The summed E-state index contributed by atoms with van der Waals surface area (Å²) in [5.74, 6) is 0.0701. The molecule has 0 amide bonds. The van der Waals surface area contributed by atoms with E-state index >= 15 is 0 Å². The van der Waals surface area contributed by atoms with Gasteiger partial charge < -0.3 is 0 Å². The molecule has 70 valence electrons. The van der Waals surface area contributed by atoms with E-state index in [9.17, 15) is 4.79 Å². The van der Waals surface area contributed by atoms with Crippen LogP contribution in [-0.2, 0) is 4.79 Å². The van der Waals surface area contributed by atoms with E-state index in [1.165, 1.54) is 11.8 Å². The molecular weight excluding hydrogens is 204 g/mol. The topological polar surface area (TPSA) is 17.1 Å². The first kappa shape index (κ1) is 10.6. The molecule has 3 heteroatoms. The lowest BCUT2D eigenvalue weighted by Gasteiger charge is -2.02. The van der Waals surface area contributed by atoms with Gasteiger partial charge >= 0.3 is 0 Å². The van der Waals surface area contributed by atoms with Crippen molar-refractivity contribution in [2.45, 2.75) is 18.7 Å². The second-order valence-corrected chi connectivity index (χ2v) is 4.54. The minimum atomic E-state index is 0.0701. The highest BCUT2D eigenvalue weighted by Gasteiger charge is 2.08. The number of hydrogen-bond acceptors (Lipinski definition) is 2. The van der Waals surface area contributed by atoms with E-state index in [-0.39, 0.29) is 11.0 Å². The zero-order valence-corrected chi connectivity index (χ0v) is 9.15. The number of hydrogen-bond donors (Lipinski definition) is 0. The van der Waals surface area contributed by atoms with Gasteiger partial charge in [-0.3, -0.25) is 4.79 Å². The first-order chi connectivity index (χ1) is 6.09. The summed E-state index contributed by atoms with van der Waals surface area (Å²) in [5, 5.41) is 0.878. The molecule has 0 aliphatic carbocycles. The van der Waals surface area contributed by atoms with Crippen LogP contribution in [0, 0.1) is 5.92 Å². The molecule has 1 aromatic carbocycles. The molecule has 0 fully saturated rings. The third kappa shape index (κ3) is 3.41. The van der Waals surface area contributed by atoms with Crippen LogP contribution in [0.25, 0.3) is 0 Å². The minimum Gasteiger partial charge on any atom is -0.287 e. The highest BCUT2D eigenvalue weighted by molar-refractivity contribution is 8.13. The van der Waals surface area contributed by atoms with Crippen LogP contribution in [0.1, 0.15) is 13.8 Å². The number of carbonyl (C=O) groups is 1. The molecule has 0 N–H and O–H groups in total. The molecule has 13 heavy (non-hydrogen) atoms. The van der Waals surface area contributed by atoms with Crippen molar-refractivity contribution in [1.29, 1.82) is 0 Å². The van der Waals surface area contributed by atoms with Crippen molar-refractivity contribution >= 4 is 28.5 Å². The summed E-state index contributed by atoms with van der Waals surface area (Å²) < 4.78 is 0. The van der Waals surface area contributed by atoms with Gasteiger partial charge in [0.05, 0.1) is 0 Å². The fraction of sp³-hybridized carbons (Fsp3) is 0.300. The van der Waals surface area contributed by atoms with Crippen molar-refractivity contribution in [2.24, 2.45) is 5.92 Å². The predicted octanol–water partition coefficient (Wildman–Crippen LogP) is 3.61. The molecule has 0 aliphatic rings. The molecule has 0 bridgehead atoms. The van der Waals surface area contributed by atoms with Gasteiger partial charge in [-0.15, -0.1) is 0 Å². The van der Waals surface area contributed by atoms with Crippen molar-refractivity contribution in [3.63, 3.8) is 0 Å². The van der Waals surface area contributed by atoms with Crippen molar-refractivity contribution < 1.29 is 4.79 Å². The maximum atomic E-state index is 11.3. The van der Waals surface area contributed by atoms with Crippen LogP contribution in [0.15, 0.2) is 29.2 Å². The largest absolute Gasteiger partial charge is 0.287 e. The van der Waals surface area contributed by atoms with Gasteiger partial charge in [0.15, 0.2) is 5.12 Å². The average molecular weight is 215 g/mol. The van der Waals surface area contributed by atoms with Gasteiger partial charge in [-0.05, 0) is 24.3 Å². The second-order valence-electron chi connectivity index (χ2n) is 3.03. The van der Waals surface area contributed by atoms with Gasteiger partial charge in [0.2, 0.25) is 0 Å². The van der Waals surface area contributed by atoms with Crippen molar-refractivity contribution in [1.82, 2.24) is 0 Å². The van der Waals surface area contributed by atoms with Gasteiger partial charge in [0.1, 0.15) is 0 Å². The Kier molecular flexibility index (Phi) is 3.82. The lowest BCUT2D eigenvalue weighted by Crippen LogP contribution is -2.00. The van der Waals surface area contributed by atoms with Gasteiger partial charge in [-0.25, -0.2) is 0 Å². The highest BCUT2D eigenvalue weighted by atomic mass is 35.5. The van der Waals surface area contributed by atoms with E-state index in [4.69, 9.17) is 11.6 Å². The van der Waals surface area contributed by atoms with E-state index in [0.29, 0.717) is 5.02 Å². The van der Waals surface area contributed by atoms with Crippen LogP contribution in [0.5, 0.6) is 0 Å². The molecule has 1 rings (SSSR count). The van der Waals surface area contributed by atoms with Gasteiger partial charge in [-0.1, -0.05) is 37.2 Å². The molecule has 0 saturated carbocycles. The average Bonchev–Trinajstić information content (AvgIpc) is 2.08. The quantitative estimate of drug-likeness (QED) is 0.700. The van der Waals surface area contributed by atoms with Crippen LogP contribution >= 0.6 is 23.4 Å². The smallest absolute Gasteiger partial charge is 0.196 e. The maximum absolute atomic E-state index is 11.3. The number of benzene rings is 1. The number of rotatable bonds is 2. The molecule has 0 radical (unpaired) electrons. The van der Waals surface area contributed by atoms with Crippen molar-refractivity contribution in [3.8, 4) is 0 Å². The number of halogens is 1. The standard InChI is InChI=1S/C10H11ClOS/c1-7(2)10(12)13-9-5-3-8(11)4-6-9/h3-7H,1-2H3. The van der Waals surface area contributed by atoms with Crippen molar-refractivity contribution in [2.75, 3.05) is 0 Å². The van der Waals surface area contributed by atoms with Crippen LogP contribution in [0.2, 0.25) is 5.02 Å². The minimum absolute atomic E-state index is 0.0701. The monoisotopic (exact) mass is 214 g/mol. The molecule has 0 atom stereocenters. The van der Waals surface area contributed by atoms with Crippen molar-refractivity contribution in [3.05, 3.63) is 29.3 Å². The zero-order chi connectivity index (χ0) is 9.84. The summed E-state index contributed by atoms with van der Waals surface area (Å²) in [6.45, 7) is 3.79. The van der Waals surface area contributed by atoms with Crippen LogP contribution in [0.4, 0.5) is 0 Å². The molecule has 1 nitrogen and oxygen atoms in total. The first-order valence-electron chi connectivity index (χ1n) is 4.07. The summed E-state index contributed by atoms with van der Waals surface area (Å²) in [5.41, 5.74) is 0. The Balaban J connectivity index is 2.65. The third-order valence-corrected chi connectivity index (χ3v) is 2.94. The van der Waals surface area contributed by atoms with Gasteiger partial charge in [0, 0.05) is 15.8 Å². The summed E-state index contributed by atoms with van der Waals surface area (Å²) in [4.78, 5) is 12.3. The fourth-order valence-corrected chi connectivity index (χ4v) is 1.60. The maximum Gasteiger partial charge on any atom is 0.196 e. The Morgan fingerprint density at radius 2 is 1.85 bits per heavy atom. The number of thioether (sulfide) groups is 1. The van der Waals surface area contributed by atoms with Gasteiger partial charge in [-0.2, -0.15) is 0 Å². The van der Waals surface area contributed by atoms with E-state index in [1.807, 2.05) is 26.0 Å². The van der Waals surface area contributed by atoms with E-state index < -0.39 is 0 Å². The molecule has 0 unspecified atom stereocenters. The third-order valence-electron chi connectivity index (χ3n) is 1.50. The first-order valence-corrected chi connectivity index (χ1v) is 5.26. The van der Waals surface area contributed by atoms with E-state index in [0.717, 1.165) is 4.90 Å². The molecule has 1 aromatic rings. The highest BCUT2D eigenvalue weighted by Crippen LogP contribution is 2.23. The van der Waals surface area contributed by atoms with Crippen LogP contribution < -0.4 is 0 Å². The zero-order valence-electron chi connectivity index (χ0n) is 7.58. The lowest BCUT2D eigenvalue weighted by atomic mass is 10.3. The molecule has 0 spiro atoms. The van der Waals surface area contributed by atoms with Gasteiger partial charge in [0.25, 0.3) is 0 Å². The molecular formula is C10H11ClOS. The Morgan fingerprint density at radius 3 is 2.31 bits per heavy atom. The molecule has 0 aromatic heterocycles. The Bertz CT molecular complexity index is 292. The summed E-state index contributed by atoms with van der Waals surface area (Å²) in [6, 6.07) is 7.29. The summed E-state index contributed by atoms with van der Waals surface area (Å²) >= 11 is 6.98. The Hall–Kier alpha value is -0.470. The fourth-order valence-electron chi connectivity index (χ4n) is 0.737. The number of carbonyl (C=O) groups excluding carboxylic acids is 1. The molecule has 0 heterocycles.